The summed E-state index contributed by atoms with van der Waals surface area (Å²) >= 11 is 0. The van der Waals surface area contributed by atoms with Crippen LogP contribution in [0, 0.1) is 0 Å². The van der Waals surface area contributed by atoms with E-state index in [1.807, 2.05) is 12.3 Å². The molecule has 0 spiro atoms. The van der Waals surface area contributed by atoms with Crippen molar-refractivity contribution in [2.24, 2.45) is 0 Å². The molecule has 0 amide bonds. The quantitative estimate of drug-likeness (QED) is 0.885. The molecule has 0 radical (unpaired) electrons. The number of morpholine rings is 1. The first kappa shape index (κ1) is 15.5. The molecule has 2 aromatic rings. The van der Waals surface area contributed by atoms with Crippen molar-refractivity contribution in [2.75, 3.05) is 38.2 Å². The van der Waals surface area contributed by atoms with Gasteiger partial charge in [-0.25, -0.2) is 9.97 Å². The minimum Gasteiger partial charge on any atom is -0.379 e. The highest BCUT2D eigenvalue weighted by molar-refractivity contribution is 5.35. The summed E-state index contributed by atoms with van der Waals surface area (Å²) in [4.78, 5) is 11.6. The van der Waals surface area contributed by atoms with Gasteiger partial charge in [0.15, 0.2) is 0 Å². The molecular weight excluding hydrogens is 300 g/mol. The first-order valence-electron chi connectivity index (χ1n) is 8.84. The molecule has 2 aliphatic rings. The van der Waals surface area contributed by atoms with E-state index in [0.29, 0.717) is 12.0 Å². The van der Waals surface area contributed by atoms with E-state index in [1.54, 1.807) is 0 Å². The summed E-state index contributed by atoms with van der Waals surface area (Å²) in [7, 11) is 0. The number of aromatic nitrogens is 2. The smallest absolute Gasteiger partial charge is 0.133 e. The van der Waals surface area contributed by atoms with Gasteiger partial charge in [0.1, 0.15) is 11.6 Å². The van der Waals surface area contributed by atoms with Gasteiger partial charge in [0.2, 0.25) is 0 Å². The first-order valence-corrected chi connectivity index (χ1v) is 8.84. The zero-order chi connectivity index (χ0) is 16.2. The molecule has 2 heterocycles. The molecule has 5 nitrogen and oxygen atoms in total. The summed E-state index contributed by atoms with van der Waals surface area (Å²) in [6.45, 7) is 4.40. The van der Waals surface area contributed by atoms with Crippen LogP contribution in [-0.2, 0) is 4.74 Å². The largest absolute Gasteiger partial charge is 0.379 e. The van der Waals surface area contributed by atoms with Gasteiger partial charge in [-0.2, -0.15) is 0 Å². The molecule has 1 saturated heterocycles. The second-order valence-corrected chi connectivity index (χ2v) is 6.53. The van der Waals surface area contributed by atoms with Crippen LogP contribution < -0.4 is 5.32 Å². The van der Waals surface area contributed by atoms with Crippen molar-refractivity contribution in [1.29, 1.82) is 0 Å². The van der Waals surface area contributed by atoms with Gasteiger partial charge in [0.05, 0.1) is 19.3 Å². The lowest BCUT2D eigenvalue weighted by atomic mass is 10.0. The summed E-state index contributed by atoms with van der Waals surface area (Å²) in [5.41, 5.74) is 1.34. The maximum Gasteiger partial charge on any atom is 0.133 e. The van der Waals surface area contributed by atoms with E-state index in [9.17, 15) is 0 Å². The molecule has 1 atom stereocenters. The Morgan fingerprint density at radius 2 is 1.92 bits per heavy atom. The van der Waals surface area contributed by atoms with Gasteiger partial charge >= 0.3 is 0 Å². The van der Waals surface area contributed by atoms with E-state index in [4.69, 9.17) is 4.74 Å². The lowest BCUT2D eigenvalue weighted by Gasteiger charge is -2.35. The number of nitrogens with zero attached hydrogens (tertiary/aromatic N) is 3. The van der Waals surface area contributed by atoms with Crippen molar-refractivity contribution in [3.05, 3.63) is 54.0 Å². The third kappa shape index (κ3) is 3.74. The lowest BCUT2D eigenvalue weighted by molar-refractivity contribution is 0.0187. The van der Waals surface area contributed by atoms with E-state index >= 15 is 0 Å². The van der Waals surface area contributed by atoms with Gasteiger partial charge in [0, 0.05) is 31.7 Å². The number of anilines is 1. The van der Waals surface area contributed by atoms with Crippen LogP contribution in [0.15, 0.2) is 42.6 Å². The summed E-state index contributed by atoms with van der Waals surface area (Å²) in [5.74, 6) is 2.50. The van der Waals surface area contributed by atoms with E-state index in [1.165, 1.54) is 18.4 Å². The molecule has 1 aromatic carbocycles. The molecule has 2 fully saturated rings. The molecule has 0 bridgehead atoms. The van der Waals surface area contributed by atoms with Crippen molar-refractivity contribution in [2.45, 2.75) is 24.8 Å². The Bertz CT molecular complexity index is 653. The Morgan fingerprint density at radius 3 is 2.67 bits per heavy atom. The SMILES string of the molecule is c1ccc(C(CNc2ccnc(C3CC3)n2)N2CCOCC2)cc1. The predicted molar refractivity (Wildman–Crippen MR) is 94.1 cm³/mol. The van der Waals surface area contributed by atoms with Crippen LogP contribution in [0.5, 0.6) is 0 Å². The standard InChI is InChI=1S/C19H24N4O/c1-2-4-15(5-3-1)17(23-10-12-24-13-11-23)14-21-18-8-9-20-19(22-18)16-6-7-16/h1-5,8-9,16-17H,6-7,10-14H2,(H,20,21,22). The fourth-order valence-electron chi connectivity index (χ4n) is 3.23. The highest BCUT2D eigenvalue weighted by atomic mass is 16.5. The van der Waals surface area contributed by atoms with E-state index < -0.39 is 0 Å². The third-order valence-electron chi connectivity index (χ3n) is 4.76. The number of nitrogens with one attached hydrogen (secondary N) is 1. The topological polar surface area (TPSA) is 50.3 Å². The van der Waals surface area contributed by atoms with E-state index in [2.05, 4.69) is 50.5 Å². The summed E-state index contributed by atoms with van der Waals surface area (Å²) in [6.07, 6.45) is 4.32. The highest BCUT2D eigenvalue weighted by Crippen LogP contribution is 2.38. The highest BCUT2D eigenvalue weighted by Gasteiger charge is 2.27. The van der Waals surface area contributed by atoms with Crippen molar-refractivity contribution in [3.63, 3.8) is 0 Å². The Kier molecular flexibility index (Phi) is 4.71. The fourth-order valence-corrected chi connectivity index (χ4v) is 3.23. The molecule has 1 unspecified atom stereocenters. The summed E-state index contributed by atoms with van der Waals surface area (Å²) in [6, 6.07) is 13.0. The van der Waals surface area contributed by atoms with Gasteiger partial charge in [-0.05, 0) is 24.5 Å². The van der Waals surface area contributed by atoms with Gasteiger partial charge in [-0.15, -0.1) is 0 Å². The fraction of sp³-hybridized carbons (Fsp3) is 0.474. The van der Waals surface area contributed by atoms with Crippen molar-refractivity contribution in [3.8, 4) is 0 Å². The molecule has 1 aromatic heterocycles. The second kappa shape index (κ2) is 7.28. The monoisotopic (exact) mass is 324 g/mol. The van der Waals surface area contributed by atoms with Gasteiger partial charge in [-0.1, -0.05) is 30.3 Å². The number of rotatable bonds is 6. The van der Waals surface area contributed by atoms with E-state index in [0.717, 1.165) is 44.5 Å². The molecule has 5 heteroatoms. The van der Waals surface area contributed by atoms with E-state index in [-0.39, 0.29) is 0 Å². The molecule has 1 aliphatic heterocycles. The Hall–Kier alpha value is -1.98. The number of hydrogen-bond donors (Lipinski definition) is 1. The molecule has 1 aliphatic carbocycles. The maximum atomic E-state index is 5.51. The van der Waals surface area contributed by atoms with Crippen LogP contribution >= 0.6 is 0 Å². The molecule has 1 saturated carbocycles. The summed E-state index contributed by atoms with van der Waals surface area (Å²) in [5, 5.41) is 3.53. The Balaban J connectivity index is 1.48. The molecule has 24 heavy (non-hydrogen) atoms. The lowest BCUT2D eigenvalue weighted by Crippen LogP contribution is -2.41. The molecule has 126 valence electrons. The number of benzene rings is 1. The van der Waals surface area contributed by atoms with Crippen LogP contribution in [0.25, 0.3) is 0 Å². The van der Waals surface area contributed by atoms with Gasteiger partial charge < -0.3 is 10.1 Å². The predicted octanol–water partition coefficient (Wildman–Crippen LogP) is 2.84. The molecule has 4 rings (SSSR count). The Morgan fingerprint density at radius 1 is 1.12 bits per heavy atom. The van der Waals surface area contributed by atoms with Gasteiger partial charge in [0.25, 0.3) is 0 Å². The summed E-state index contributed by atoms with van der Waals surface area (Å²) < 4.78 is 5.51. The van der Waals surface area contributed by atoms with Crippen LogP contribution in [0.3, 0.4) is 0 Å². The van der Waals surface area contributed by atoms with Crippen LogP contribution in [-0.4, -0.2) is 47.7 Å². The average Bonchev–Trinajstić information content (AvgIpc) is 3.49. The second-order valence-electron chi connectivity index (χ2n) is 6.53. The maximum absolute atomic E-state index is 5.51. The normalized spacial score (nSPS) is 19.8. The zero-order valence-corrected chi connectivity index (χ0v) is 13.9. The van der Waals surface area contributed by atoms with Crippen LogP contribution in [0.4, 0.5) is 5.82 Å². The third-order valence-corrected chi connectivity index (χ3v) is 4.76. The zero-order valence-electron chi connectivity index (χ0n) is 13.9. The van der Waals surface area contributed by atoms with Crippen molar-refractivity contribution < 1.29 is 4.74 Å². The molecular formula is C19H24N4O. The molecule has 1 N–H and O–H groups in total. The average molecular weight is 324 g/mol. The van der Waals surface area contributed by atoms with Gasteiger partial charge in [-0.3, -0.25) is 4.90 Å². The van der Waals surface area contributed by atoms with Crippen molar-refractivity contribution in [1.82, 2.24) is 14.9 Å². The minimum absolute atomic E-state index is 0.328. The minimum atomic E-state index is 0.328. The van der Waals surface area contributed by atoms with Crippen molar-refractivity contribution >= 4 is 5.82 Å². The first-order chi connectivity index (χ1) is 11.9. The van der Waals surface area contributed by atoms with Crippen LogP contribution in [0.1, 0.15) is 36.2 Å². The van der Waals surface area contributed by atoms with Crippen LogP contribution in [0.2, 0.25) is 0 Å². The number of hydrogen-bond acceptors (Lipinski definition) is 5. The Labute approximate surface area is 143 Å². The number of ether oxygens (including phenoxy) is 1.